The molecule has 0 saturated carbocycles. The van der Waals surface area contributed by atoms with Gasteiger partial charge in [0.1, 0.15) is 17.7 Å². The fourth-order valence-corrected chi connectivity index (χ4v) is 2.11. The van der Waals surface area contributed by atoms with Crippen molar-refractivity contribution in [3.8, 4) is 0 Å². The Morgan fingerprint density at radius 3 is 2.94 bits per heavy atom. The van der Waals surface area contributed by atoms with E-state index in [0.29, 0.717) is 16.9 Å². The van der Waals surface area contributed by atoms with Gasteiger partial charge in [0.15, 0.2) is 0 Å². The number of benzene rings is 1. The average molecular weight is 271 g/mol. The van der Waals surface area contributed by atoms with Gasteiger partial charge < -0.3 is 9.30 Å². The van der Waals surface area contributed by atoms with Crippen LogP contribution >= 0.6 is 11.6 Å². The highest BCUT2D eigenvalue weighted by Crippen LogP contribution is 2.23. The van der Waals surface area contributed by atoms with Crippen molar-refractivity contribution in [2.45, 2.75) is 18.8 Å². The molecule has 18 heavy (non-hydrogen) atoms. The van der Waals surface area contributed by atoms with Crippen LogP contribution < -0.4 is 0 Å². The fraction of sp³-hybridized carbons (Fsp3) is 0.333. The summed E-state index contributed by atoms with van der Waals surface area (Å²) in [7, 11) is 1.30. The number of halogens is 2. The van der Waals surface area contributed by atoms with Gasteiger partial charge in [-0.3, -0.25) is 0 Å². The smallest absolute Gasteiger partial charge is 0.328 e. The Labute approximate surface area is 108 Å². The number of hydrogen-bond acceptors (Lipinski definition) is 3. The summed E-state index contributed by atoms with van der Waals surface area (Å²) in [5, 5.41) is 0. The van der Waals surface area contributed by atoms with Gasteiger partial charge in [-0.25, -0.2) is 14.2 Å². The number of hydrogen-bond donors (Lipinski definition) is 0. The first-order chi connectivity index (χ1) is 8.58. The zero-order chi connectivity index (χ0) is 13.3. The number of alkyl halides is 1. The van der Waals surface area contributed by atoms with E-state index < -0.39 is 12.0 Å². The van der Waals surface area contributed by atoms with Crippen LogP contribution in [0.2, 0.25) is 0 Å². The second-order valence-corrected chi connectivity index (χ2v) is 4.13. The molecule has 96 valence electrons. The molecule has 0 fully saturated rings. The van der Waals surface area contributed by atoms with Gasteiger partial charge in [0, 0.05) is 0 Å². The van der Waals surface area contributed by atoms with Crippen LogP contribution in [0.3, 0.4) is 0 Å². The Kier molecular flexibility index (Phi) is 3.52. The molecule has 0 radical (unpaired) electrons. The second-order valence-electron chi connectivity index (χ2n) is 3.86. The van der Waals surface area contributed by atoms with Gasteiger partial charge in [0.25, 0.3) is 0 Å². The largest absolute Gasteiger partial charge is 0.467 e. The number of esters is 1. The van der Waals surface area contributed by atoms with E-state index in [1.807, 2.05) is 0 Å². The highest BCUT2D eigenvalue weighted by atomic mass is 35.5. The molecule has 0 spiro atoms. The van der Waals surface area contributed by atoms with Crippen molar-refractivity contribution in [3.05, 3.63) is 29.8 Å². The van der Waals surface area contributed by atoms with E-state index in [2.05, 4.69) is 4.98 Å². The molecule has 1 aromatic carbocycles. The lowest BCUT2D eigenvalue weighted by molar-refractivity contribution is -0.143. The lowest BCUT2D eigenvalue weighted by Gasteiger charge is -2.14. The monoisotopic (exact) mass is 270 g/mol. The Morgan fingerprint density at radius 2 is 2.33 bits per heavy atom. The van der Waals surface area contributed by atoms with Crippen LogP contribution in [0.15, 0.2) is 18.2 Å². The quantitative estimate of drug-likeness (QED) is 0.636. The van der Waals surface area contributed by atoms with E-state index in [9.17, 15) is 9.18 Å². The molecular formula is C12H12ClFN2O2. The maximum absolute atomic E-state index is 13.3. The number of ether oxygens (including phenoxy) is 1. The van der Waals surface area contributed by atoms with E-state index >= 15 is 0 Å². The van der Waals surface area contributed by atoms with Crippen molar-refractivity contribution in [3.63, 3.8) is 0 Å². The summed E-state index contributed by atoms with van der Waals surface area (Å²) in [5.41, 5.74) is 1.13. The first-order valence-electron chi connectivity index (χ1n) is 5.38. The van der Waals surface area contributed by atoms with E-state index in [0.717, 1.165) is 0 Å². The molecule has 4 nitrogen and oxygen atoms in total. The predicted octanol–water partition coefficient (Wildman–Crippen LogP) is 2.65. The van der Waals surface area contributed by atoms with Crippen LogP contribution in [0.4, 0.5) is 4.39 Å². The molecule has 0 amide bonds. The standard InChI is InChI=1S/C12H12ClFN2O2/c1-7(12(17)18-2)16-10-5-8(14)3-4-9(10)15-11(16)6-13/h3-5,7H,6H2,1-2H3. The van der Waals surface area contributed by atoms with Crippen LogP contribution in [0.5, 0.6) is 0 Å². The molecule has 2 rings (SSSR count). The zero-order valence-corrected chi connectivity index (χ0v) is 10.7. The van der Waals surface area contributed by atoms with Crippen molar-refractivity contribution < 1.29 is 13.9 Å². The second kappa shape index (κ2) is 4.94. The summed E-state index contributed by atoms with van der Waals surface area (Å²) in [5.74, 6) is -0.167. The minimum atomic E-state index is -0.601. The Morgan fingerprint density at radius 1 is 1.61 bits per heavy atom. The van der Waals surface area contributed by atoms with E-state index in [4.69, 9.17) is 16.3 Å². The minimum absolute atomic E-state index is 0.137. The molecule has 0 aliphatic carbocycles. The van der Waals surface area contributed by atoms with Crippen LogP contribution in [0.1, 0.15) is 18.8 Å². The Hall–Kier alpha value is -1.62. The predicted molar refractivity (Wildman–Crippen MR) is 66.0 cm³/mol. The highest BCUT2D eigenvalue weighted by molar-refractivity contribution is 6.16. The van der Waals surface area contributed by atoms with Crippen LogP contribution in [-0.2, 0) is 15.4 Å². The topological polar surface area (TPSA) is 44.1 Å². The van der Waals surface area contributed by atoms with Gasteiger partial charge in [0.05, 0.1) is 24.0 Å². The van der Waals surface area contributed by atoms with Crippen molar-refractivity contribution in [2.24, 2.45) is 0 Å². The van der Waals surface area contributed by atoms with Gasteiger partial charge in [-0.15, -0.1) is 11.6 Å². The third-order valence-electron chi connectivity index (χ3n) is 2.77. The zero-order valence-electron chi connectivity index (χ0n) is 9.98. The highest BCUT2D eigenvalue weighted by Gasteiger charge is 2.21. The molecule has 0 aliphatic heterocycles. The number of carbonyl (C=O) groups is 1. The van der Waals surface area contributed by atoms with Gasteiger partial charge in [-0.1, -0.05) is 0 Å². The van der Waals surface area contributed by atoms with Crippen LogP contribution in [0.25, 0.3) is 11.0 Å². The number of carbonyl (C=O) groups excluding carboxylic acids is 1. The van der Waals surface area contributed by atoms with Crippen molar-refractivity contribution >= 4 is 28.6 Å². The first-order valence-corrected chi connectivity index (χ1v) is 5.92. The number of rotatable bonds is 3. The number of fused-ring (bicyclic) bond motifs is 1. The van der Waals surface area contributed by atoms with Crippen molar-refractivity contribution in [1.29, 1.82) is 0 Å². The molecule has 0 aliphatic rings. The molecule has 0 saturated heterocycles. The normalized spacial score (nSPS) is 12.7. The van der Waals surface area contributed by atoms with E-state index in [1.165, 1.54) is 19.2 Å². The summed E-state index contributed by atoms with van der Waals surface area (Å²) < 4.78 is 19.6. The molecule has 0 bridgehead atoms. The third kappa shape index (κ3) is 2.06. The fourth-order valence-electron chi connectivity index (χ4n) is 1.92. The van der Waals surface area contributed by atoms with Gasteiger partial charge in [-0.05, 0) is 25.1 Å². The Balaban J connectivity index is 2.65. The van der Waals surface area contributed by atoms with Crippen LogP contribution in [-0.4, -0.2) is 22.6 Å². The maximum atomic E-state index is 13.3. The summed E-state index contributed by atoms with van der Waals surface area (Å²) in [4.78, 5) is 15.9. The molecule has 1 atom stereocenters. The average Bonchev–Trinajstić information content (AvgIpc) is 2.74. The summed E-state index contributed by atoms with van der Waals surface area (Å²) in [6.07, 6.45) is 0. The minimum Gasteiger partial charge on any atom is -0.467 e. The maximum Gasteiger partial charge on any atom is 0.328 e. The number of methoxy groups -OCH3 is 1. The first kappa shape index (κ1) is 12.8. The molecule has 0 N–H and O–H groups in total. The molecule has 1 aromatic heterocycles. The molecule has 1 heterocycles. The number of nitrogens with zero attached hydrogens (tertiary/aromatic N) is 2. The Bertz CT molecular complexity index is 597. The van der Waals surface area contributed by atoms with Gasteiger partial charge in [0.2, 0.25) is 0 Å². The van der Waals surface area contributed by atoms with Crippen molar-refractivity contribution in [2.75, 3.05) is 7.11 Å². The van der Waals surface area contributed by atoms with E-state index in [1.54, 1.807) is 17.6 Å². The molecule has 1 unspecified atom stereocenters. The van der Waals surface area contributed by atoms with E-state index in [-0.39, 0.29) is 11.7 Å². The van der Waals surface area contributed by atoms with Gasteiger partial charge >= 0.3 is 5.97 Å². The number of imidazole rings is 1. The van der Waals surface area contributed by atoms with Gasteiger partial charge in [-0.2, -0.15) is 0 Å². The summed E-state index contributed by atoms with van der Waals surface area (Å²) >= 11 is 5.81. The molecule has 2 aromatic rings. The SMILES string of the molecule is COC(=O)C(C)n1c(CCl)nc2ccc(F)cc21. The number of aromatic nitrogens is 2. The van der Waals surface area contributed by atoms with Crippen LogP contribution in [0, 0.1) is 5.82 Å². The molecular weight excluding hydrogens is 259 g/mol. The lowest BCUT2D eigenvalue weighted by atomic mass is 10.2. The lowest BCUT2D eigenvalue weighted by Crippen LogP contribution is -2.19. The van der Waals surface area contributed by atoms with Crippen molar-refractivity contribution in [1.82, 2.24) is 9.55 Å². The summed E-state index contributed by atoms with van der Waals surface area (Å²) in [6.45, 7) is 1.66. The summed E-state index contributed by atoms with van der Waals surface area (Å²) in [6, 6.07) is 3.61. The molecule has 6 heteroatoms. The third-order valence-corrected chi connectivity index (χ3v) is 3.01.